The first-order chi connectivity index (χ1) is 16.8. The molecule has 1 N–H and O–H groups in total. The van der Waals surface area contributed by atoms with E-state index in [0.717, 1.165) is 5.56 Å². The lowest BCUT2D eigenvalue weighted by molar-refractivity contribution is -0.122. The second-order valence-electron chi connectivity index (χ2n) is 8.15. The van der Waals surface area contributed by atoms with Crippen LogP contribution in [0.25, 0.3) is 0 Å². The first-order valence-corrected chi connectivity index (χ1v) is 12.8. The maximum absolute atomic E-state index is 13.2. The fourth-order valence-corrected chi connectivity index (χ4v) is 4.95. The lowest BCUT2D eigenvalue weighted by Gasteiger charge is -2.26. The number of benzene rings is 3. The second kappa shape index (κ2) is 10.9. The number of rotatable bonds is 8. The van der Waals surface area contributed by atoms with Crippen molar-refractivity contribution >= 4 is 21.6 Å². The average molecular weight is 497 g/mol. The number of hydrogen-bond donors (Lipinski definition) is 1. The van der Waals surface area contributed by atoms with Crippen LogP contribution in [0.15, 0.2) is 77.7 Å². The van der Waals surface area contributed by atoms with Gasteiger partial charge < -0.3 is 19.5 Å². The Kier molecular flexibility index (Phi) is 7.70. The van der Waals surface area contributed by atoms with E-state index in [1.165, 1.54) is 16.4 Å². The van der Waals surface area contributed by atoms with E-state index in [9.17, 15) is 13.2 Å². The summed E-state index contributed by atoms with van der Waals surface area (Å²) in [4.78, 5) is 13.0. The average Bonchev–Trinajstić information content (AvgIpc) is 2.87. The van der Waals surface area contributed by atoms with E-state index in [2.05, 4.69) is 5.32 Å². The molecule has 3 aromatic carbocycles. The highest BCUT2D eigenvalue weighted by Crippen LogP contribution is 2.33. The Morgan fingerprint density at radius 3 is 2.34 bits per heavy atom. The van der Waals surface area contributed by atoms with Gasteiger partial charge in [-0.2, -0.15) is 4.31 Å². The monoisotopic (exact) mass is 496 g/mol. The molecule has 8 nitrogen and oxygen atoms in total. The molecule has 3 aromatic rings. The Hall–Kier alpha value is -3.40. The summed E-state index contributed by atoms with van der Waals surface area (Å²) >= 11 is 0. The van der Waals surface area contributed by atoms with Crippen molar-refractivity contribution in [3.05, 3.63) is 78.4 Å². The number of ether oxygens (including phenoxy) is 3. The van der Waals surface area contributed by atoms with Crippen molar-refractivity contribution in [2.45, 2.75) is 24.8 Å². The largest absolute Gasteiger partial charge is 0.481 e. The zero-order valence-corrected chi connectivity index (χ0v) is 20.5. The molecule has 0 saturated carbocycles. The number of hydrogen-bond acceptors (Lipinski definition) is 6. The normalized spacial score (nSPS) is 15.3. The van der Waals surface area contributed by atoms with Crippen molar-refractivity contribution < 1.29 is 27.4 Å². The number of nitrogens with zero attached hydrogens (tertiary/aromatic N) is 1. The number of anilines is 1. The molecule has 1 fully saturated rings. The number of sulfonamides is 1. The van der Waals surface area contributed by atoms with Crippen molar-refractivity contribution in [2.24, 2.45) is 0 Å². The van der Waals surface area contributed by atoms with Gasteiger partial charge in [0, 0.05) is 13.1 Å². The van der Waals surface area contributed by atoms with Gasteiger partial charge in [-0.3, -0.25) is 4.79 Å². The summed E-state index contributed by atoms with van der Waals surface area (Å²) < 4.78 is 44.7. The molecule has 1 atom stereocenters. The quantitative estimate of drug-likeness (QED) is 0.502. The minimum absolute atomic E-state index is 0.0576. The number of nitrogens with one attached hydrogen (secondary N) is 1. The number of morpholine rings is 1. The first-order valence-electron chi connectivity index (χ1n) is 11.3. The second-order valence-corrected chi connectivity index (χ2v) is 10.1. The Labute approximate surface area is 205 Å². The van der Waals surface area contributed by atoms with E-state index in [1.54, 1.807) is 37.3 Å². The molecule has 1 heterocycles. The highest BCUT2D eigenvalue weighted by molar-refractivity contribution is 7.89. The molecule has 1 unspecified atom stereocenters. The summed E-state index contributed by atoms with van der Waals surface area (Å²) in [5.41, 5.74) is 1.31. The SMILES string of the molecule is Cc1ccc(OC(C)C(=O)Nc2cc(S(=O)(=O)N3CCOCC3)ccc2Oc2ccccc2)cc1. The maximum Gasteiger partial charge on any atom is 0.265 e. The number of aryl methyl sites for hydroxylation is 1. The van der Waals surface area contributed by atoms with Gasteiger partial charge in [-0.15, -0.1) is 0 Å². The Bertz CT molecular complexity index is 1260. The molecule has 0 spiro atoms. The third kappa shape index (κ3) is 6.19. The molecule has 1 aliphatic rings. The maximum atomic E-state index is 13.2. The molecule has 1 amide bonds. The molecule has 184 valence electrons. The molecule has 9 heteroatoms. The summed E-state index contributed by atoms with van der Waals surface area (Å²) in [6.45, 7) is 4.81. The van der Waals surface area contributed by atoms with Crippen LogP contribution in [0.5, 0.6) is 17.2 Å². The first kappa shape index (κ1) is 24.7. The van der Waals surface area contributed by atoms with Crippen molar-refractivity contribution in [3.8, 4) is 17.2 Å². The van der Waals surface area contributed by atoms with E-state index in [1.807, 2.05) is 37.3 Å². The lowest BCUT2D eigenvalue weighted by atomic mass is 10.2. The van der Waals surface area contributed by atoms with Crippen LogP contribution in [0.3, 0.4) is 0 Å². The topological polar surface area (TPSA) is 94.2 Å². The Morgan fingerprint density at radius 2 is 1.66 bits per heavy atom. The van der Waals surface area contributed by atoms with Gasteiger partial charge >= 0.3 is 0 Å². The number of carbonyl (C=O) groups excluding carboxylic acids is 1. The third-order valence-electron chi connectivity index (χ3n) is 5.49. The molecule has 1 saturated heterocycles. The minimum Gasteiger partial charge on any atom is -0.481 e. The summed E-state index contributed by atoms with van der Waals surface area (Å²) in [6, 6.07) is 20.9. The Balaban J connectivity index is 1.60. The van der Waals surface area contributed by atoms with E-state index in [4.69, 9.17) is 14.2 Å². The van der Waals surface area contributed by atoms with Crippen LogP contribution in [-0.2, 0) is 19.6 Å². The summed E-state index contributed by atoms with van der Waals surface area (Å²) in [5, 5.41) is 2.78. The molecule has 4 rings (SSSR count). The fraction of sp³-hybridized carbons (Fsp3) is 0.269. The lowest BCUT2D eigenvalue weighted by Crippen LogP contribution is -2.40. The molecule has 0 bridgehead atoms. The standard InChI is InChI=1S/C26H28N2O6S/c1-19-8-10-22(11-9-19)33-20(2)26(29)27-24-18-23(35(30,31)28-14-16-32-17-15-28)12-13-25(24)34-21-6-4-3-5-7-21/h3-13,18,20H,14-17H2,1-2H3,(H,27,29). The highest BCUT2D eigenvalue weighted by Gasteiger charge is 2.28. The van der Waals surface area contributed by atoms with Crippen molar-refractivity contribution in [3.63, 3.8) is 0 Å². The predicted molar refractivity (Wildman–Crippen MR) is 132 cm³/mol. The van der Waals surface area contributed by atoms with Gasteiger partial charge in [0.05, 0.1) is 23.8 Å². The fourth-order valence-electron chi connectivity index (χ4n) is 3.52. The number of carbonyl (C=O) groups is 1. The van der Waals surface area contributed by atoms with Gasteiger partial charge in [-0.1, -0.05) is 35.9 Å². The number of amides is 1. The summed E-state index contributed by atoms with van der Waals surface area (Å²) in [6.07, 6.45) is -0.832. The zero-order valence-electron chi connectivity index (χ0n) is 19.6. The van der Waals surface area contributed by atoms with Crippen LogP contribution in [0.1, 0.15) is 12.5 Å². The Morgan fingerprint density at radius 1 is 0.971 bits per heavy atom. The van der Waals surface area contributed by atoms with E-state index >= 15 is 0 Å². The number of para-hydroxylation sites is 1. The molecule has 1 aliphatic heterocycles. The van der Waals surface area contributed by atoms with Crippen LogP contribution < -0.4 is 14.8 Å². The van der Waals surface area contributed by atoms with Gasteiger partial charge in [-0.05, 0) is 56.3 Å². The van der Waals surface area contributed by atoms with Gasteiger partial charge in [0.25, 0.3) is 5.91 Å². The van der Waals surface area contributed by atoms with Crippen LogP contribution in [-0.4, -0.2) is 51.0 Å². The highest BCUT2D eigenvalue weighted by atomic mass is 32.2. The third-order valence-corrected chi connectivity index (χ3v) is 7.39. The van der Waals surface area contributed by atoms with Crippen molar-refractivity contribution in [1.82, 2.24) is 4.31 Å². The van der Waals surface area contributed by atoms with Gasteiger partial charge in [0.1, 0.15) is 11.5 Å². The summed E-state index contributed by atoms with van der Waals surface area (Å²) in [5.74, 6) is 0.982. The van der Waals surface area contributed by atoms with Crippen molar-refractivity contribution in [2.75, 3.05) is 31.6 Å². The molecule has 0 aromatic heterocycles. The van der Waals surface area contributed by atoms with Gasteiger partial charge in [-0.25, -0.2) is 8.42 Å². The van der Waals surface area contributed by atoms with Crippen LogP contribution >= 0.6 is 0 Å². The molecule has 35 heavy (non-hydrogen) atoms. The van der Waals surface area contributed by atoms with Gasteiger partial charge in [0.15, 0.2) is 11.9 Å². The van der Waals surface area contributed by atoms with Gasteiger partial charge in [0.2, 0.25) is 10.0 Å². The molecular formula is C26H28N2O6S. The zero-order chi connectivity index (χ0) is 24.8. The van der Waals surface area contributed by atoms with E-state index in [-0.39, 0.29) is 23.7 Å². The van der Waals surface area contributed by atoms with Crippen molar-refractivity contribution in [1.29, 1.82) is 0 Å². The molecule has 0 aliphatic carbocycles. The van der Waals surface area contributed by atoms with Crippen LogP contribution in [0.2, 0.25) is 0 Å². The minimum atomic E-state index is -3.77. The molecule has 0 radical (unpaired) electrons. The predicted octanol–water partition coefficient (Wildman–Crippen LogP) is 4.21. The van der Waals surface area contributed by atoms with E-state index in [0.29, 0.717) is 30.5 Å². The van der Waals surface area contributed by atoms with Crippen LogP contribution in [0.4, 0.5) is 5.69 Å². The smallest absolute Gasteiger partial charge is 0.265 e. The summed E-state index contributed by atoms with van der Waals surface area (Å²) in [7, 11) is -3.77. The molecular weight excluding hydrogens is 468 g/mol. The van der Waals surface area contributed by atoms with Crippen LogP contribution in [0, 0.1) is 6.92 Å². The van der Waals surface area contributed by atoms with E-state index < -0.39 is 22.0 Å².